The number of hydrogen-bond acceptors (Lipinski definition) is 4. The van der Waals surface area contributed by atoms with Crippen LogP contribution in [0.3, 0.4) is 0 Å². The van der Waals surface area contributed by atoms with Crippen LogP contribution < -0.4 is 0 Å². The van der Waals surface area contributed by atoms with Crippen LogP contribution >= 0.6 is 34.9 Å². The van der Waals surface area contributed by atoms with Crippen molar-refractivity contribution in [3.8, 4) is 0 Å². The summed E-state index contributed by atoms with van der Waals surface area (Å²) in [5, 5.41) is 15.7. The van der Waals surface area contributed by atoms with E-state index in [9.17, 15) is 5.11 Å². The van der Waals surface area contributed by atoms with E-state index in [1.54, 1.807) is 11.3 Å². The van der Waals surface area contributed by atoms with E-state index in [2.05, 4.69) is 23.8 Å². The predicted octanol–water partition coefficient (Wildman–Crippen LogP) is 3.67. The Morgan fingerprint density at radius 3 is 2.94 bits per heavy atom. The molecule has 0 bridgehead atoms. The lowest BCUT2D eigenvalue weighted by Gasteiger charge is -2.33. The largest absolute Gasteiger partial charge is 0.392 e. The summed E-state index contributed by atoms with van der Waals surface area (Å²) < 4.78 is 0. The van der Waals surface area contributed by atoms with Crippen LogP contribution in [-0.4, -0.2) is 33.2 Å². The molecular weight excluding hydrogens is 268 g/mol. The van der Waals surface area contributed by atoms with Gasteiger partial charge >= 0.3 is 0 Å². The SMILES string of the molecule is CCC1SCCSC1C(O)CCc1ccsc1. The normalized spacial score (nSPS) is 26.9. The molecule has 2 heterocycles. The maximum Gasteiger partial charge on any atom is 0.0672 e. The van der Waals surface area contributed by atoms with E-state index in [4.69, 9.17) is 0 Å². The minimum absolute atomic E-state index is 0.141. The first-order chi connectivity index (χ1) is 8.31. The second-order valence-corrected chi connectivity index (χ2v) is 7.80. The highest BCUT2D eigenvalue weighted by atomic mass is 32.2. The number of aliphatic hydroxyl groups is 1. The first kappa shape index (κ1) is 13.8. The first-order valence-electron chi connectivity index (χ1n) is 6.23. The van der Waals surface area contributed by atoms with Crippen LogP contribution in [-0.2, 0) is 6.42 Å². The molecule has 1 aromatic rings. The molecule has 0 saturated carbocycles. The molecule has 1 nitrogen and oxygen atoms in total. The highest BCUT2D eigenvalue weighted by molar-refractivity contribution is 8.07. The minimum atomic E-state index is -0.141. The third kappa shape index (κ3) is 3.91. The zero-order chi connectivity index (χ0) is 12.1. The molecule has 0 radical (unpaired) electrons. The Kier molecular flexibility index (Phi) is 5.74. The highest BCUT2D eigenvalue weighted by Crippen LogP contribution is 2.36. The monoisotopic (exact) mass is 288 g/mol. The van der Waals surface area contributed by atoms with Gasteiger partial charge in [-0.1, -0.05) is 6.92 Å². The van der Waals surface area contributed by atoms with Gasteiger partial charge in [-0.15, -0.1) is 0 Å². The smallest absolute Gasteiger partial charge is 0.0672 e. The Morgan fingerprint density at radius 1 is 1.41 bits per heavy atom. The van der Waals surface area contributed by atoms with Crippen molar-refractivity contribution >= 4 is 34.9 Å². The summed E-state index contributed by atoms with van der Waals surface area (Å²) in [6, 6.07) is 2.16. The molecule has 1 saturated heterocycles. The summed E-state index contributed by atoms with van der Waals surface area (Å²) in [7, 11) is 0. The van der Waals surface area contributed by atoms with Crippen LogP contribution in [0.5, 0.6) is 0 Å². The Labute approximate surface area is 116 Å². The number of aryl methyl sites for hydroxylation is 1. The fourth-order valence-electron chi connectivity index (χ4n) is 2.21. The second kappa shape index (κ2) is 7.07. The van der Waals surface area contributed by atoms with Gasteiger partial charge in [-0.3, -0.25) is 0 Å². The Morgan fingerprint density at radius 2 is 2.24 bits per heavy atom. The molecular formula is C13H20OS3. The molecule has 1 aromatic heterocycles. The maximum atomic E-state index is 10.3. The molecule has 17 heavy (non-hydrogen) atoms. The Hall–Kier alpha value is 0.360. The molecule has 2 rings (SSSR count). The molecule has 1 aliphatic heterocycles. The number of hydrogen-bond donors (Lipinski definition) is 1. The van der Waals surface area contributed by atoms with E-state index in [1.807, 2.05) is 23.5 Å². The molecule has 1 aliphatic rings. The quantitative estimate of drug-likeness (QED) is 0.893. The number of thiophene rings is 1. The lowest BCUT2D eigenvalue weighted by atomic mass is 10.0. The van der Waals surface area contributed by atoms with Gasteiger partial charge in [0, 0.05) is 22.0 Å². The standard InChI is InChI=1S/C13H20OS3/c1-2-12-13(17-8-7-16-12)11(14)4-3-10-5-6-15-9-10/h5-6,9,11-14H,2-4,7-8H2,1H3. The lowest BCUT2D eigenvalue weighted by Crippen LogP contribution is -2.36. The molecule has 0 amide bonds. The van der Waals surface area contributed by atoms with Crippen molar-refractivity contribution in [2.45, 2.75) is 42.8 Å². The maximum absolute atomic E-state index is 10.3. The summed E-state index contributed by atoms with van der Waals surface area (Å²) in [6.07, 6.45) is 2.96. The van der Waals surface area contributed by atoms with Crippen LogP contribution in [0.25, 0.3) is 0 Å². The Bertz CT molecular complexity index is 312. The van der Waals surface area contributed by atoms with Crippen LogP contribution in [0, 0.1) is 0 Å². The van der Waals surface area contributed by atoms with E-state index < -0.39 is 0 Å². The van der Waals surface area contributed by atoms with Gasteiger partial charge in [0.05, 0.1) is 6.10 Å². The van der Waals surface area contributed by atoms with Gasteiger partial charge in [0.15, 0.2) is 0 Å². The molecule has 0 spiro atoms. The van der Waals surface area contributed by atoms with Gasteiger partial charge < -0.3 is 5.11 Å². The molecule has 0 aromatic carbocycles. The second-order valence-electron chi connectivity index (χ2n) is 4.39. The first-order valence-corrected chi connectivity index (χ1v) is 9.27. The molecule has 0 aliphatic carbocycles. The van der Waals surface area contributed by atoms with Crippen molar-refractivity contribution in [2.24, 2.45) is 0 Å². The minimum Gasteiger partial charge on any atom is -0.392 e. The Balaban J connectivity index is 1.83. The van der Waals surface area contributed by atoms with Gasteiger partial charge in [0.2, 0.25) is 0 Å². The van der Waals surface area contributed by atoms with Crippen molar-refractivity contribution in [3.63, 3.8) is 0 Å². The predicted molar refractivity (Wildman–Crippen MR) is 81.4 cm³/mol. The average molecular weight is 289 g/mol. The fourth-order valence-corrected chi connectivity index (χ4v) is 6.10. The van der Waals surface area contributed by atoms with Crippen LogP contribution in [0.4, 0.5) is 0 Å². The highest BCUT2D eigenvalue weighted by Gasteiger charge is 2.30. The number of thioether (sulfide) groups is 2. The summed E-state index contributed by atoms with van der Waals surface area (Å²) in [5.41, 5.74) is 1.37. The van der Waals surface area contributed by atoms with Gasteiger partial charge in [0.25, 0.3) is 0 Å². The summed E-state index contributed by atoms with van der Waals surface area (Å²) in [4.78, 5) is 0. The molecule has 3 atom stereocenters. The van der Waals surface area contributed by atoms with Crippen molar-refractivity contribution in [1.82, 2.24) is 0 Å². The van der Waals surface area contributed by atoms with E-state index in [-0.39, 0.29) is 6.10 Å². The van der Waals surface area contributed by atoms with Gasteiger partial charge in [-0.05, 0) is 41.7 Å². The molecule has 1 N–H and O–H groups in total. The van der Waals surface area contributed by atoms with Gasteiger partial charge in [-0.25, -0.2) is 0 Å². The van der Waals surface area contributed by atoms with Gasteiger partial charge in [0.1, 0.15) is 0 Å². The summed E-state index contributed by atoms with van der Waals surface area (Å²) >= 11 is 5.76. The third-order valence-electron chi connectivity index (χ3n) is 3.18. The fraction of sp³-hybridized carbons (Fsp3) is 0.692. The van der Waals surface area contributed by atoms with Crippen molar-refractivity contribution in [2.75, 3.05) is 11.5 Å². The average Bonchev–Trinajstić information content (AvgIpc) is 2.89. The van der Waals surface area contributed by atoms with E-state index in [0.717, 1.165) is 12.8 Å². The zero-order valence-electron chi connectivity index (χ0n) is 10.2. The topological polar surface area (TPSA) is 20.2 Å². The van der Waals surface area contributed by atoms with Crippen LogP contribution in [0.15, 0.2) is 16.8 Å². The van der Waals surface area contributed by atoms with Crippen LogP contribution in [0.2, 0.25) is 0 Å². The van der Waals surface area contributed by atoms with Gasteiger partial charge in [-0.2, -0.15) is 34.9 Å². The van der Waals surface area contributed by atoms with Crippen LogP contribution in [0.1, 0.15) is 25.3 Å². The van der Waals surface area contributed by atoms with E-state index >= 15 is 0 Å². The van der Waals surface area contributed by atoms with Crippen molar-refractivity contribution in [3.05, 3.63) is 22.4 Å². The number of rotatable bonds is 5. The summed E-state index contributed by atoms with van der Waals surface area (Å²) in [6.45, 7) is 2.24. The molecule has 1 fully saturated rings. The summed E-state index contributed by atoms with van der Waals surface area (Å²) in [5.74, 6) is 2.44. The molecule has 4 heteroatoms. The number of aliphatic hydroxyl groups excluding tert-OH is 1. The van der Waals surface area contributed by atoms with Crippen molar-refractivity contribution < 1.29 is 5.11 Å². The molecule has 96 valence electrons. The third-order valence-corrected chi connectivity index (χ3v) is 7.31. The van der Waals surface area contributed by atoms with Crippen molar-refractivity contribution in [1.29, 1.82) is 0 Å². The van der Waals surface area contributed by atoms with E-state index in [0.29, 0.717) is 10.5 Å². The van der Waals surface area contributed by atoms with E-state index in [1.165, 1.54) is 23.5 Å². The molecule has 3 unspecified atom stereocenters. The zero-order valence-corrected chi connectivity index (χ0v) is 12.6. The lowest BCUT2D eigenvalue weighted by molar-refractivity contribution is 0.159.